The van der Waals surface area contributed by atoms with Crippen molar-refractivity contribution in [1.82, 2.24) is 5.32 Å². The summed E-state index contributed by atoms with van der Waals surface area (Å²) in [5.74, 6) is -4.08. The van der Waals surface area contributed by atoms with E-state index in [0.29, 0.717) is 5.56 Å². The number of phenols is 3. The number of benzene rings is 2. The van der Waals surface area contributed by atoms with Crippen LogP contribution >= 0.6 is 0 Å². The number of esters is 1. The summed E-state index contributed by atoms with van der Waals surface area (Å²) in [5, 5.41) is 30.3. The highest BCUT2D eigenvalue weighted by atomic mass is 19.1. The number of nitrogens with one attached hydrogen (secondary N) is 1. The molecule has 2 rings (SSSR count). The summed E-state index contributed by atoms with van der Waals surface area (Å²) in [5.41, 5.74) is 0.443. The van der Waals surface area contributed by atoms with Gasteiger partial charge in [-0.1, -0.05) is 12.1 Å². The van der Waals surface area contributed by atoms with Crippen molar-refractivity contribution in [2.45, 2.75) is 6.54 Å². The molecule has 0 heterocycles. The van der Waals surface area contributed by atoms with E-state index in [1.165, 1.54) is 24.3 Å². The molecule has 0 saturated carbocycles. The van der Waals surface area contributed by atoms with Gasteiger partial charge in [-0.2, -0.15) is 0 Å². The Labute approximate surface area is 135 Å². The molecule has 2 aromatic carbocycles. The van der Waals surface area contributed by atoms with E-state index in [-0.39, 0.29) is 17.9 Å². The minimum atomic E-state index is -0.961. The van der Waals surface area contributed by atoms with Gasteiger partial charge >= 0.3 is 5.97 Å². The first kappa shape index (κ1) is 17.1. The Kier molecular flexibility index (Phi) is 5.20. The van der Waals surface area contributed by atoms with Crippen LogP contribution in [0.4, 0.5) is 4.39 Å². The molecule has 0 unspecified atom stereocenters. The summed E-state index contributed by atoms with van der Waals surface area (Å²) in [6.45, 7) is -0.445. The molecule has 0 aliphatic carbocycles. The van der Waals surface area contributed by atoms with Crippen LogP contribution in [0.15, 0.2) is 36.4 Å². The Morgan fingerprint density at radius 2 is 1.62 bits per heavy atom. The van der Waals surface area contributed by atoms with Crippen molar-refractivity contribution in [1.29, 1.82) is 0 Å². The van der Waals surface area contributed by atoms with Crippen LogP contribution in [0.3, 0.4) is 0 Å². The van der Waals surface area contributed by atoms with Crippen molar-refractivity contribution in [2.24, 2.45) is 0 Å². The topological polar surface area (TPSA) is 116 Å². The van der Waals surface area contributed by atoms with Crippen molar-refractivity contribution < 1.29 is 34.0 Å². The van der Waals surface area contributed by atoms with Gasteiger partial charge in [0.15, 0.2) is 23.9 Å². The highest BCUT2D eigenvalue weighted by Gasteiger charge is 2.15. The molecule has 7 nitrogen and oxygen atoms in total. The normalized spacial score (nSPS) is 10.2. The molecular weight excluding hydrogens is 321 g/mol. The minimum Gasteiger partial charge on any atom is -0.504 e. The predicted octanol–water partition coefficient (Wildman–Crippen LogP) is 1.42. The van der Waals surface area contributed by atoms with Crippen LogP contribution < -0.4 is 5.32 Å². The molecule has 8 heteroatoms. The fourth-order valence-electron chi connectivity index (χ4n) is 1.79. The zero-order chi connectivity index (χ0) is 17.7. The van der Waals surface area contributed by atoms with E-state index in [9.17, 15) is 29.3 Å². The van der Waals surface area contributed by atoms with Gasteiger partial charge in [-0.15, -0.1) is 0 Å². The van der Waals surface area contributed by atoms with E-state index in [1.807, 2.05) is 0 Å². The summed E-state index contributed by atoms with van der Waals surface area (Å²) in [7, 11) is 0. The molecule has 1 amide bonds. The van der Waals surface area contributed by atoms with E-state index in [4.69, 9.17) is 4.74 Å². The molecule has 24 heavy (non-hydrogen) atoms. The highest BCUT2D eigenvalue weighted by molar-refractivity contribution is 5.92. The van der Waals surface area contributed by atoms with E-state index in [2.05, 4.69) is 5.32 Å². The lowest BCUT2D eigenvalue weighted by molar-refractivity contribution is -0.124. The zero-order valence-corrected chi connectivity index (χ0v) is 12.3. The Balaban J connectivity index is 1.85. The maximum Gasteiger partial charge on any atom is 0.338 e. The molecule has 2 aromatic rings. The quantitative estimate of drug-likeness (QED) is 0.485. The van der Waals surface area contributed by atoms with Gasteiger partial charge < -0.3 is 25.4 Å². The number of ether oxygens (including phenoxy) is 1. The number of aromatic hydroxyl groups is 3. The highest BCUT2D eigenvalue weighted by Crippen LogP contribution is 2.35. The monoisotopic (exact) mass is 335 g/mol. The van der Waals surface area contributed by atoms with E-state index < -0.39 is 35.7 Å². The van der Waals surface area contributed by atoms with Crippen LogP contribution in [-0.2, 0) is 16.1 Å². The molecule has 0 aliphatic heterocycles. The van der Waals surface area contributed by atoms with Crippen molar-refractivity contribution in [3.8, 4) is 17.2 Å². The molecule has 4 N–H and O–H groups in total. The number of amides is 1. The number of phenolic OH excluding ortho intramolecular Hbond substituents is 3. The van der Waals surface area contributed by atoms with Crippen molar-refractivity contribution in [3.05, 3.63) is 53.3 Å². The number of carbonyl (C=O) groups is 2. The molecule has 0 spiro atoms. The molecule has 126 valence electrons. The van der Waals surface area contributed by atoms with Crippen LogP contribution in [0.1, 0.15) is 15.9 Å². The molecule has 0 bridgehead atoms. The van der Waals surface area contributed by atoms with Gasteiger partial charge in [0.05, 0.1) is 5.56 Å². The third-order valence-corrected chi connectivity index (χ3v) is 3.04. The lowest BCUT2D eigenvalue weighted by Crippen LogP contribution is -2.28. The molecular formula is C16H14FNO6. The Hall–Kier alpha value is -3.29. The fourth-order valence-corrected chi connectivity index (χ4v) is 1.79. The zero-order valence-electron chi connectivity index (χ0n) is 12.3. The first-order valence-corrected chi connectivity index (χ1v) is 6.80. The van der Waals surface area contributed by atoms with E-state index in [1.54, 1.807) is 0 Å². The average Bonchev–Trinajstić information content (AvgIpc) is 2.56. The number of rotatable bonds is 5. The summed E-state index contributed by atoms with van der Waals surface area (Å²) >= 11 is 0. The maximum absolute atomic E-state index is 12.7. The summed E-state index contributed by atoms with van der Waals surface area (Å²) in [6.07, 6.45) is 0. The Morgan fingerprint density at radius 1 is 1.04 bits per heavy atom. The van der Waals surface area contributed by atoms with Crippen LogP contribution in [-0.4, -0.2) is 33.8 Å². The van der Waals surface area contributed by atoms with Gasteiger partial charge in [-0.05, 0) is 29.8 Å². The third-order valence-electron chi connectivity index (χ3n) is 3.04. The van der Waals surface area contributed by atoms with Crippen LogP contribution in [0, 0.1) is 5.82 Å². The second kappa shape index (κ2) is 7.32. The van der Waals surface area contributed by atoms with Gasteiger partial charge in [-0.25, -0.2) is 9.18 Å². The lowest BCUT2D eigenvalue weighted by Gasteiger charge is -2.08. The molecule has 0 aromatic heterocycles. The van der Waals surface area contributed by atoms with Gasteiger partial charge in [0.25, 0.3) is 5.91 Å². The smallest absolute Gasteiger partial charge is 0.338 e. The second-order valence-corrected chi connectivity index (χ2v) is 4.84. The Morgan fingerprint density at radius 3 is 2.21 bits per heavy atom. The average molecular weight is 335 g/mol. The number of carbonyl (C=O) groups excluding carboxylic acids is 2. The van der Waals surface area contributed by atoms with Crippen LogP contribution in [0.2, 0.25) is 0 Å². The molecule has 0 aliphatic rings. The van der Waals surface area contributed by atoms with Gasteiger partial charge in [-0.3, -0.25) is 4.79 Å². The SMILES string of the molecule is O=C(COC(=O)c1cc(O)c(O)c(O)c1)NCc1ccc(F)cc1. The molecule has 0 atom stereocenters. The minimum absolute atomic E-state index is 0.136. The number of halogens is 1. The summed E-state index contributed by atoms with van der Waals surface area (Å²) < 4.78 is 17.5. The lowest BCUT2D eigenvalue weighted by atomic mass is 10.2. The molecule has 0 radical (unpaired) electrons. The first-order chi connectivity index (χ1) is 11.4. The second-order valence-electron chi connectivity index (χ2n) is 4.84. The largest absolute Gasteiger partial charge is 0.504 e. The molecule has 0 fully saturated rings. The predicted molar refractivity (Wildman–Crippen MR) is 80.0 cm³/mol. The summed E-state index contributed by atoms with van der Waals surface area (Å²) in [6, 6.07) is 7.31. The standard InChI is InChI=1S/C16H14FNO6/c17-11-3-1-9(2-4-11)7-18-14(21)8-24-16(23)10-5-12(19)15(22)13(20)6-10/h1-6,19-20,22H,7-8H2,(H,18,21). The van der Waals surface area contributed by atoms with Gasteiger partial charge in [0, 0.05) is 6.54 Å². The number of hydrogen-bond acceptors (Lipinski definition) is 6. The van der Waals surface area contributed by atoms with E-state index >= 15 is 0 Å². The maximum atomic E-state index is 12.7. The van der Waals surface area contributed by atoms with Crippen molar-refractivity contribution in [2.75, 3.05) is 6.61 Å². The van der Waals surface area contributed by atoms with E-state index in [0.717, 1.165) is 12.1 Å². The van der Waals surface area contributed by atoms with Gasteiger partial charge in [0.2, 0.25) is 0 Å². The van der Waals surface area contributed by atoms with Crippen LogP contribution in [0.25, 0.3) is 0 Å². The van der Waals surface area contributed by atoms with Gasteiger partial charge in [0.1, 0.15) is 5.82 Å². The Bertz CT molecular complexity index is 737. The summed E-state index contributed by atoms with van der Waals surface area (Å²) in [4.78, 5) is 23.3. The molecule has 0 saturated heterocycles. The van der Waals surface area contributed by atoms with Crippen LogP contribution in [0.5, 0.6) is 17.2 Å². The van der Waals surface area contributed by atoms with Crippen molar-refractivity contribution >= 4 is 11.9 Å². The number of hydrogen-bond donors (Lipinski definition) is 4. The third kappa shape index (κ3) is 4.35. The fraction of sp³-hybridized carbons (Fsp3) is 0.125. The van der Waals surface area contributed by atoms with Crippen molar-refractivity contribution in [3.63, 3.8) is 0 Å². The first-order valence-electron chi connectivity index (χ1n) is 6.80.